The van der Waals surface area contributed by atoms with Gasteiger partial charge in [0.2, 0.25) is 0 Å². The van der Waals surface area contributed by atoms with Crippen LogP contribution in [0.1, 0.15) is 24.8 Å². The Balaban J connectivity index is 1.79. The topological polar surface area (TPSA) is 49.8 Å². The monoisotopic (exact) mass is 247 g/mol. The zero-order valence-corrected chi connectivity index (χ0v) is 10.2. The normalized spacial score (nSPS) is 31.5. The lowest BCUT2D eigenvalue weighted by Gasteiger charge is -2.22. The summed E-state index contributed by atoms with van der Waals surface area (Å²) in [6.07, 6.45) is 1.31. The van der Waals surface area contributed by atoms with Crippen molar-refractivity contribution in [3.8, 4) is 0 Å². The minimum Gasteiger partial charge on any atom is -0.373 e. The Kier molecular flexibility index (Phi) is 2.84. The molecule has 1 amide bonds. The quantitative estimate of drug-likeness (QED) is 0.856. The molecule has 1 aromatic rings. The van der Waals surface area contributed by atoms with Crippen LogP contribution in [0, 0.1) is 0 Å². The largest absolute Gasteiger partial charge is 0.373 e. The van der Waals surface area contributed by atoms with Gasteiger partial charge in [-0.05, 0) is 18.4 Å². The zero-order chi connectivity index (χ0) is 12.6. The second-order valence-corrected chi connectivity index (χ2v) is 5.05. The number of ether oxygens (including phenoxy) is 1. The van der Waals surface area contributed by atoms with E-state index in [4.69, 9.17) is 4.74 Å². The smallest absolute Gasteiger partial charge is 0.257 e. The molecule has 18 heavy (non-hydrogen) atoms. The van der Waals surface area contributed by atoms with Gasteiger partial charge in [-0.3, -0.25) is 4.79 Å². The van der Waals surface area contributed by atoms with Crippen LogP contribution in [-0.2, 0) is 16.1 Å². The number of benzene rings is 1. The predicted octanol–water partition coefficient (Wildman–Crippen LogP) is 1.29. The molecule has 0 radical (unpaired) electrons. The average Bonchev–Trinajstić information content (AvgIpc) is 2.93. The first-order valence-corrected chi connectivity index (χ1v) is 6.38. The number of rotatable bonds is 2. The molecule has 1 aromatic carbocycles. The van der Waals surface area contributed by atoms with Gasteiger partial charge in [0, 0.05) is 19.6 Å². The Labute approximate surface area is 106 Å². The highest BCUT2D eigenvalue weighted by Gasteiger charge is 2.53. The van der Waals surface area contributed by atoms with Crippen molar-refractivity contribution in [2.75, 3.05) is 6.61 Å². The minimum atomic E-state index is -0.742. The van der Waals surface area contributed by atoms with E-state index in [1.54, 1.807) is 0 Å². The Hall–Kier alpha value is -1.39. The molecule has 96 valence electrons. The molecule has 2 heterocycles. The van der Waals surface area contributed by atoms with E-state index in [9.17, 15) is 9.90 Å². The van der Waals surface area contributed by atoms with E-state index >= 15 is 0 Å². The standard InChI is InChI=1S/C14H17NO3/c16-12-9-14(7-4-8-18-14)13(17)15(12)10-11-5-2-1-3-6-11/h1-3,5-6,12,16H,4,7-10H2/t12-,14+/m1/s1. The second kappa shape index (κ2) is 4.37. The molecule has 1 N–H and O–H groups in total. The maximum absolute atomic E-state index is 12.4. The molecule has 0 aromatic heterocycles. The van der Waals surface area contributed by atoms with Gasteiger partial charge in [-0.15, -0.1) is 0 Å². The summed E-state index contributed by atoms with van der Waals surface area (Å²) in [5.74, 6) is -0.0589. The van der Waals surface area contributed by atoms with Crippen LogP contribution in [0.15, 0.2) is 30.3 Å². The number of hydrogen-bond acceptors (Lipinski definition) is 3. The third-order valence-electron chi connectivity index (χ3n) is 3.82. The maximum Gasteiger partial charge on any atom is 0.257 e. The molecular formula is C14H17NO3. The number of likely N-dealkylation sites (tertiary alicyclic amines) is 1. The van der Waals surface area contributed by atoms with E-state index in [0.717, 1.165) is 18.4 Å². The summed E-state index contributed by atoms with van der Waals surface area (Å²) in [6, 6.07) is 9.72. The molecule has 0 unspecified atom stereocenters. The molecule has 2 aliphatic heterocycles. The summed E-state index contributed by atoms with van der Waals surface area (Å²) in [4.78, 5) is 13.9. The summed E-state index contributed by atoms with van der Waals surface area (Å²) in [5, 5.41) is 10.1. The lowest BCUT2D eigenvalue weighted by molar-refractivity contribution is -0.147. The highest BCUT2D eigenvalue weighted by molar-refractivity contribution is 5.88. The Bertz CT molecular complexity index is 440. The molecule has 2 saturated heterocycles. The zero-order valence-electron chi connectivity index (χ0n) is 10.2. The van der Waals surface area contributed by atoms with Crippen molar-refractivity contribution in [2.24, 2.45) is 0 Å². The van der Waals surface area contributed by atoms with Crippen LogP contribution in [0.25, 0.3) is 0 Å². The summed E-state index contributed by atoms with van der Waals surface area (Å²) in [6.45, 7) is 1.07. The molecule has 0 aliphatic carbocycles. The van der Waals surface area contributed by atoms with Crippen molar-refractivity contribution in [2.45, 2.75) is 37.6 Å². The molecular weight excluding hydrogens is 230 g/mol. The van der Waals surface area contributed by atoms with Gasteiger partial charge in [0.25, 0.3) is 5.91 Å². The first-order valence-electron chi connectivity index (χ1n) is 6.38. The van der Waals surface area contributed by atoms with Crippen LogP contribution >= 0.6 is 0 Å². The van der Waals surface area contributed by atoms with E-state index in [1.807, 2.05) is 30.3 Å². The Morgan fingerprint density at radius 2 is 2.17 bits per heavy atom. The van der Waals surface area contributed by atoms with Crippen molar-refractivity contribution in [3.63, 3.8) is 0 Å². The van der Waals surface area contributed by atoms with Crippen LogP contribution in [0.2, 0.25) is 0 Å². The lowest BCUT2D eigenvalue weighted by atomic mass is 9.98. The van der Waals surface area contributed by atoms with Gasteiger partial charge in [0.15, 0.2) is 5.60 Å². The van der Waals surface area contributed by atoms with Crippen molar-refractivity contribution >= 4 is 5.91 Å². The van der Waals surface area contributed by atoms with Gasteiger partial charge in [-0.2, -0.15) is 0 Å². The predicted molar refractivity (Wildman–Crippen MR) is 65.5 cm³/mol. The van der Waals surface area contributed by atoms with Crippen molar-refractivity contribution in [1.82, 2.24) is 4.90 Å². The molecule has 0 bridgehead atoms. The van der Waals surface area contributed by atoms with Crippen LogP contribution in [0.4, 0.5) is 0 Å². The van der Waals surface area contributed by atoms with Gasteiger partial charge in [0.1, 0.15) is 6.23 Å². The number of carbonyl (C=O) groups excluding carboxylic acids is 1. The van der Waals surface area contributed by atoms with Crippen LogP contribution in [-0.4, -0.2) is 34.3 Å². The number of aliphatic hydroxyl groups is 1. The first kappa shape index (κ1) is 11.7. The third kappa shape index (κ3) is 1.82. The summed E-state index contributed by atoms with van der Waals surface area (Å²) in [5.41, 5.74) is 0.286. The Morgan fingerprint density at radius 1 is 1.39 bits per heavy atom. The van der Waals surface area contributed by atoms with Crippen molar-refractivity contribution in [3.05, 3.63) is 35.9 Å². The van der Waals surface area contributed by atoms with E-state index in [2.05, 4.69) is 0 Å². The molecule has 2 atom stereocenters. The highest BCUT2D eigenvalue weighted by atomic mass is 16.5. The summed E-state index contributed by atoms with van der Waals surface area (Å²) < 4.78 is 5.60. The fraction of sp³-hybridized carbons (Fsp3) is 0.500. The second-order valence-electron chi connectivity index (χ2n) is 5.05. The summed E-state index contributed by atoms with van der Waals surface area (Å²) in [7, 11) is 0. The van der Waals surface area contributed by atoms with Gasteiger partial charge in [-0.25, -0.2) is 0 Å². The fourth-order valence-corrected chi connectivity index (χ4v) is 2.87. The van der Waals surface area contributed by atoms with Crippen LogP contribution < -0.4 is 0 Å². The van der Waals surface area contributed by atoms with E-state index in [1.165, 1.54) is 4.90 Å². The van der Waals surface area contributed by atoms with E-state index in [0.29, 0.717) is 19.6 Å². The third-order valence-corrected chi connectivity index (χ3v) is 3.82. The van der Waals surface area contributed by atoms with Gasteiger partial charge < -0.3 is 14.7 Å². The molecule has 3 rings (SSSR count). The van der Waals surface area contributed by atoms with Crippen LogP contribution in [0.3, 0.4) is 0 Å². The number of nitrogens with zero attached hydrogens (tertiary/aromatic N) is 1. The van der Waals surface area contributed by atoms with Gasteiger partial charge >= 0.3 is 0 Å². The highest BCUT2D eigenvalue weighted by Crippen LogP contribution is 2.39. The average molecular weight is 247 g/mol. The van der Waals surface area contributed by atoms with Crippen LogP contribution in [0.5, 0.6) is 0 Å². The molecule has 2 fully saturated rings. The first-order chi connectivity index (χ1) is 8.71. The SMILES string of the molecule is O=C1N(Cc2ccccc2)[C@H](O)C[C@@]12CCCO2. The van der Waals surface area contributed by atoms with E-state index in [-0.39, 0.29) is 5.91 Å². The molecule has 2 aliphatic rings. The molecule has 0 saturated carbocycles. The molecule has 4 nitrogen and oxygen atoms in total. The van der Waals surface area contributed by atoms with Crippen molar-refractivity contribution < 1.29 is 14.6 Å². The lowest BCUT2D eigenvalue weighted by Crippen LogP contribution is -2.40. The Morgan fingerprint density at radius 3 is 2.83 bits per heavy atom. The summed E-state index contributed by atoms with van der Waals surface area (Å²) >= 11 is 0. The maximum atomic E-state index is 12.4. The fourth-order valence-electron chi connectivity index (χ4n) is 2.87. The van der Waals surface area contributed by atoms with E-state index < -0.39 is 11.8 Å². The van der Waals surface area contributed by atoms with Gasteiger partial charge in [-0.1, -0.05) is 30.3 Å². The van der Waals surface area contributed by atoms with Crippen molar-refractivity contribution in [1.29, 1.82) is 0 Å². The molecule has 1 spiro atoms. The van der Waals surface area contributed by atoms with Gasteiger partial charge in [0.05, 0.1) is 0 Å². The molecule has 4 heteroatoms. The number of carbonyl (C=O) groups is 1. The number of hydrogen-bond donors (Lipinski definition) is 1. The number of aliphatic hydroxyl groups excluding tert-OH is 1. The minimum absolute atomic E-state index is 0.0589. The number of amides is 1.